The minimum atomic E-state index is -4.82. The predicted octanol–water partition coefficient (Wildman–Crippen LogP) is 5.06. The summed E-state index contributed by atoms with van der Waals surface area (Å²) >= 11 is 0. The number of aromatic amines is 1. The van der Waals surface area contributed by atoms with Crippen LogP contribution in [0.2, 0.25) is 0 Å². The summed E-state index contributed by atoms with van der Waals surface area (Å²) in [6.45, 7) is 4.47. The van der Waals surface area contributed by atoms with Crippen LogP contribution >= 0.6 is 0 Å². The lowest BCUT2D eigenvalue weighted by atomic mass is 9.93. The van der Waals surface area contributed by atoms with E-state index in [4.69, 9.17) is 5.73 Å². The molecule has 6 nitrogen and oxygen atoms in total. The highest BCUT2D eigenvalue weighted by atomic mass is 19.4. The van der Waals surface area contributed by atoms with Gasteiger partial charge in [0, 0.05) is 23.9 Å². The van der Waals surface area contributed by atoms with Gasteiger partial charge in [0.2, 0.25) is 0 Å². The van der Waals surface area contributed by atoms with Crippen LogP contribution in [0, 0.1) is 5.82 Å². The maximum Gasteiger partial charge on any atom is 0.419 e. The SMILES string of the molecule is CC(C)c1c(N)ncnc1N1CC[C@H](c2nc(-c3ccc(F)c(C(F)(F)F)c3)c[nH]2)[C@H](F)C1. The Bertz CT molecular complexity index is 1140. The van der Waals surface area contributed by atoms with Crippen molar-refractivity contribution in [3.8, 4) is 11.3 Å². The predicted molar refractivity (Wildman–Crippen MR) is 114 cm³/mol. The summed E-state index contributed by atoms with van der Waals surface area (Å²) in [7, 11) is 0. The van der Waals surface area contributed by atoms with Gasteiger partial charge in [-0.05, 0) is 30.5 Å². The molecule has 0 spiro atoms. The molecule has 3 heterocycles. The molecule has 4 rings (SSSR count). The zero-order valence-corrected chi connectivity index (χ0v) is 18.0. The minimum absolute atomic E-state index is 0.0573. The molecule has 2 atom stereocenters. The zero-order valence-electron chi connectivity index (χ0n) is 18.0. The van der Waals surface area contributed by atoms with Crippen molar-refractivity contribution in [3.63, 3.8) is 0 Å². The monoisotopic (exact) mass is 466 g/mol. The first kappa shape index (κ1) is 22.9. The molecule has 176 valence electrons. The first-order chi connectivity index (χ1) is 15.6. The van der Waals surface area contributed by atoms with Crippen LogP contribution in [0.3, 0.4) is 0 Å². The van der Waals surface area contributed by atoms with Gasteiger partial charge in [-0.25, -0.2) is 23.7 Å². The second kappa shape index (κ2) is 8.60. The first-order valence-electron chi connectivity index (χ1n) is 10.5. The Hall–Kier alpha value is -3.24. The highest BCUT2D eigenvalue weighted by Crippen LogP contribution is 2.37. The van der Waals surface area contributed by atoms with Crippen molar-refractivity contribution < 1.29 is 22.0 Å². The summed E-state index contributed by atoms with van der Waals surface area (Å²) < 4.78 is 67.9. The van der Waals surface area contributed by atoms with Gasteiger partial charge in [0.25, 0.3) is 0 Å². The summed E-state index contributed by atoms with van der Waals surface area (Å²) in [6.07, 6.45) is -2.95. The van der Waals surface area contributed by atoms with E-state index in [1.165, 1.54) is 18.6 Å². The Kier molecular flexibility index (Phi) is 5.98. The summed E-state index contributed by atoms with van der Waals surface area (Å²) in [4.78, 5) is 17.4. The van der Waals surface area contributed by atoms with Crippen LogP contribution in [-0.2, 0) is 6.18 Å². The van der Waals surface area contributed by atoms with Crippen LogP contribution in [0.5, 0.6) is 0 Å². The van der Waals surface area contributed by atoms with E-state index in [9.17, 15) is 17.6 Å². The van der Waals surface area contributed by atoms with E-state index in [0.29, 0.717) is 36.5 Å². The molecule has 1 saturated heterocycles. The van der Waals surface area contributed by atoms with Crippen LogP contribution in [0.4, 0.5) is 33.6 Å². The number of piperidine rings is 1. The number of hydrogen-bond donors (Lipinski definition) is 2. The lowest BCUT2D eigenvalue weighted by molar-refractivity contribution is -0.139. The van der Waals surface area contributed by atoms with Crippen LogP contribution in [-0.4, -0.2) is 39.2 Å². The fourth-order valence-electron chi connectivity index (χ4n) is 4.19. The molecule has 1 aliphatic heterocycles. The maximum atomic E-state index is 15.2. The molecule has 1 aromatic carbocycles. The number of rotatable bonds is 4. The third-order valence-corrected chi connectivity index (χ3v) is 5.83. The van der Waals surface area contributed by atoms with Gasteiger partial charge in [-0.1, -0.05) is 13.8 Å². The zero-order chi connectivity index (χ0) is 23.9. The van der Waals surface area contributed by atoms with Gasteiger partial charge >= 0.3 is 6.18 Å². The van der Waals surface area contributed by atoms with Crippen LogP contribution < -0.4 is 10.6 Å². The molecule has 2 aromatic heterocycles. The molecule has 0 amide bonds. The van der Waals surface area contributed by atoms with Gasteiger partial charge in [-0.15, -0.1) is 0 Å². The number of H-pyrrole nitrogens is 1. The van der Waals surface area contributed by atoms with Crippen molar-refractivity contribution in [2.24, 2.45) is 0 Å². The number of nitrogen functional groups attached to an aromatic ring is 1. The molecule has 1 aliphatic rings. The number of hydrogen-bond acceptors (Lipinski definition) is 5. The third-order valence-electron chi connectivity index (χ3n) is 5.83. The van der Waals surface area contributed by atoms with Crippen molar-refractivity contribution in [3.05, 3.63) is 53.5 Å². The molecule has 33 heavy (non-hydrogen) atoms. The van der Waals surface area contributed by atoms with Gasteiger partial charge in [-0.2, -0.15) is 13.2 Å². The minimum Gasteiger partial charge on any atom is -0.383 e. The number of halogens is 5. The van der Waals surface area contributed by atoms with E-state index in [-0.39, 0.29) is 23.7 Å². The van der Waals surface area contributed by atoms with Crippen molar-refractivity contribution >= 4 is 11.6 Å². The molecular formula is C22H23F5N6. The molecule has 0 radical (unpaired) electrons. The Morgan fingerprint density at radius 3 is 2.64 bits per heavy atom. The second-order valence-electron chi connectivity index (χ2n) is 8.37. The Morgan fingerprint density at radius 1 is 1.21 bits per heavy atom. The number of alkyl halides is 4. The quantitative estimate of drug-likeness (QED) is 0.525. The largest absolute Gasteiger partial charge is 0.419 e. The number of nitrogens with zero attached hydrogens (tertiary/aromatic N) is 4. The van der Waals surface area contributed by atoms with Gasteiger partial charge in [0.15, 0.2) is 0 Å². The molecule has 0 saturated carbocycles. The molecule has 1 fully saturated rings. The topological polar surface area (TPSA) is 83.7 Å². The normalized spacial score (nSPS) is 19.3. The van der Waals surface area contributed by atoms with E-state index >= 15 is 4.39 Å². The average Bonchev–Trinajstić information content (AvgIpc) is 3.22. The maximum absolute atomic E-state index is 15.2. The summed E-state index contributed by atoms with van der Waals surface area (Å²) in [5, 5.41) is 0. The third kappa shape index (κ3) is 4.49. The van der Waals surface area contributed by atoms with Crippen molar-refractivity contribution in [1.82, 2.24) is 19.9 Å². The van der Waals surface area contributed by atoms with Gasteiger partial charge in [-0.3, -0.25) is 0 Å². The Balaban J connectivity index is 1.54. The number of imidazole rings is 1. The Labute approximate surface area is 187 Å². The smallest absolute Gasteiger partial charge is 0.383 e. The number of anilines is 2. The van der Waals surface area contributed by atoms with E-state index < -0.39 is 29.6 Å². The molecule has 0 unspecified atom stereocenters. The number of nitrogens with one attached hydrogen (secondary N) is 1. The summed E-state index contributed by atoms with van der Waals surface area (Å²) in [5.74, 6) is -0.572. The first-order valence-corrected chi connectivity index (χ1v) is 10.5. The molecule has 11 heteroatoms. The summed E-state index contributed by atoms with van der Waals surface area (Å²) in [5.41, 5.74) is 5.69. The number of aromatic nitrogens is 4. The van der Waals surface area contributed by atoms with Crippen LogP contribution in [0.1, 0.15) is 49.1 Å². The standard InChI is InChI=1S/C22H23F5N6/c1-11(2)18-19(28)30-10-31-21(18)33-6-5-13(16(24)9-33)20-29-8-17(32-20)12-3-4-15(23)14(7-12)22(25,26)27/h3-4,7-8,10-11,13,16H,5-6,9H2,1-2H3,(H,29,32)(H2,28,30,31)/t13-,16+/m0/s1. The molecule has 3 aromatic rings. The second-order valence-corrected chi connectivity index (χ2v) is 8.37. The average molecular weight is 466 g/mol. The van der Waals surface area contributed by atoms with Crippen molar-refractivity contribution in [2.45, 2.75) is 44.5 Å². The highest BCUT2D eigenvalue weighted by molar-refractivity contribution is 5.61. The fraction of sp³-hybridized carbons (Fsp3) is 0.409. The van der Waals surface area contributed by atoms with E-state index in [1.807, 2.05) is 18.7 Å². The van der Waals surface area contributed by atoms with Gasteiger partial charge in [0.05, 0.1) is 23.7 Å². The van der Waals surface area contributed by atoms with E-state index in [1.54, 1.807) is 0 Å². The fourth-order valence-corrected chi connectivity index (χ4v) is 4.19. The molecule has 0 aliphatic carbocycles. The van der Waals surface area contributed by atoms with Gasteiger partial charge in [0.1, 0.15) is 35.8 Å². The lowest BCUT2D eigenvalue weighted by Crippen LogP contribution is -2.42. The van der Waals surface area contributed by atoms with Crippen LogP contribution in [0.15, 0.2) is 30.7 Å². The number of benzene rings is 1. The van der Waals surface area contributed by atoms with Gasteiger partial charge < -0.3 is 15.6 Å². The van der Waals surface area contributed by atoms with Crippen molar-refractivity contribution in [2.75, 3.05) is 23.7 Å². The van der Waals surface area contributed by atoms with E-state index in [0.717, 1.165) is 11.6 Å². The molecule has 0 bridgehead atoms. The van der Waals surface area contributed by atoms with Crippen molar-refractivity contribution in [1.29, 1.82) is 0 Å². The highest BCUT2D eigenvalue weighted by Gasteiger charge is 2.36. The lowest BCUT2D eigenvalue weighted by Gasteiger charge is -2.36. The van der Waals surface area contributed by atoms with Crippen LogP contribution in [0.25, 0.3) is 11.3 Å². The molecular weight excluding hydrogens is 443 g/mol. The van der Waals surface area contributed by atoms with E-state index in [2.05, 4.69) is 19.9 Å². The number of nitrogens with two attached hydrogens (primary N) is 1. The summed E-state index contributed by atoms with van der Waals surface area (Å²) in [6, 6.07) is 2.67. The molecule has 3 N–H and O–H groups in total. The Morgan fingerprint density at radius 2 is 1.97 bits per heavy atom.